The van der Waals surface area contributed by atoms with Crippen molar-refractivity contribution in [1.82, 2.24) is 10.6 Å². The molecular weight excluding hydrogens is 471 g/mol. The first-order valence-electron chi connectivity index (χ1n) is 12.7. The van der Waals surface area contributed by atoms with Crippen LogP contribution in [0.5, 0.6) is 5.75 Å². The standard InChI is InChI=1S/C29H33FN4O3/c1-4-6-24(31)27-18(3)29(36)33-28(32-27)23-16-22(11-12-26(23)37-5-2)34-14-13-25(35)20(17-34)15-19-7-9-21(30)10-8-19/h7-12,15-16,28,31-32H,4-6,13-14,17H2,1-3H3,(H,33,36)/b20-15+,31-24?. The summed E-state index contributed by atoms with van der Waals surface area (Å²) in [5, 5.41) is 14.8. The van der Waals surface area contributed by atoms with Crippen molar-refractivity contribution in [1.29, 1.82) is 5.41 Å². The van der Waals surface area contributed by atoms with E-state index >= 15 is 0 Å². The third kappa shape index (κ3) is 5.90. The minimum atomic E-state index is -0.564. The van der Waals surface area contributed by atoms with Gasteiger partial charge in [0.25, 0.3) is 5.91 Å². The molecule has 2 aliphatic heterocycles. The number of Topliss-reactive ketones (excluding diaryl/α,β-unsaturated/α-hetero) is 1. The third-order valence-corrected chi connectivity index (χ3v) is 6.59. The fourth-order valence-electron chi connectivity index (χ4n) is 4.61. The molecule has 0 spiro atoms. The van der Waals surface area contributed by atoms with Gasteiger partial charge in [0, 0.05) is 41.9 Å². The van der Waals surface area contributed by atoms with Gasteiger partial charge in [-0.25, -0.2) is 4.39 Å². The highest BCUT2D eigenvalue weighted by molar-refractivity contribution is 6.07. The van der Waals surface area contributed by atoms with E-state index in [4.69, 9.17) is 10.1 Å². The molecule has 2 heterocycles. The summed E-state index contributed by atoms with van der Waals surface area (Å²) in [6.45, 7) is 7.06. The molecule has 1 unspecified atom stereocenters. The lowest BCUT2D eigenvalue weighted by Gasteiger charge is -2.33. The van der Waals surface area contributed by atoms with Crippen LogP contribution in [0, 0.1) is 11.2 Å². The number of amides is 1. The second-order valence-corrected chi connectivity index (χ2v) is 9.25. The van der Waals surface area contributed by atoms with Crippen LogP contribution in [0.15, 0.2) is 59.3 Å². The Morgan fingerprint density at radius 3 is 2.62 bits per heavy atom. The zero-order chi connectivity index (χ0) is 26.5. The Morgan fingerprint density at radius 1 is 1.16 bits per heavy atom. The number of nitrogens with zero attached hydrogens (tertiary/aromatic N) is 1. The lowest BCUT2D eigenvalue weighted by atomic mass is 9.98. The number of nitrogens with one attached hydrogen (secondary N) is 3. The Morgan fingerprint density at radius 2 is 1.92 bits per heavy atom. The quantitative estimate of drug-likeness (QED) is 0.351. The van der Waals surface area contributed by atoms with E-state index in [1.165, 1.54) is 12.1 Å². The molecule has 1 atom stereocenters. The Kier molecular flexibility index (Phi) is 8.06. The van der Waals surface area contributed by atoms with Crippen LogP contribution in [0.3, 0.4) is 0 Å². The number of carbonyl (C=O) groups excluding carboxylic acids is 2. The summed E-state index contributed by atoms with van der Waals surface area (Å²) in [5.74, 6) is 0.176. The number of rotatable bonds is 8. The van der Waals surface area contributed by atoms with Crippen molar-refractivity contribution in [3.63, 3.8) is 0 Å². The first-order valence-corrected chi connectivity index (χ1v) is 12.7. The van der Waals surface area contributed by atoms with Crippen molar-refractivity contribution in [3.05, 3.63) is 76.3 Å². The number of carbonyl (C=O) groups is 2. The highest BCUT2D eigenvalue weighted by atomic mass is 19.1. The van der Waals surface area contributed by atoms with Crippen molar-refractivity contribution in [2.45, 2.75) is 46.2 Å². The minimum absolute atomic E-state index is 0.0765. The number of piperidine rings is 1. The SMILES string of the molecule is CCCC(=N)C1=C(C)C(=O)NC(c2cc(N3CCC(=O)/C(=C/c4ccc(F)cc4)C3)ccc2OCC)N1. The molecule has 4 rings (SSSR count). The van der Waals surface area contributed by atoms with E-state index in [0.717, 1.165) is 23.2 Å². The molecule has 0 radical (unpaired) electrons. The summed E-state index contributed by atoms with van der Waals surface area (Å²) in [6.07, 6.45) is 3.00. The summed E-state index contributed by atoms with van der Waals surface area (Å²) in [6, 6.07) is 11.9. The molecule has 2 aromatic rings. The molecule has 2 aromatic carbocycles. The van der Waals surface area contributed by atoms with Crippen LogP contribution in [0.2, 0.25) is 0 Å². The van der Waals surface area contributed by atoms with Crippen LogP contribution < -0.4 is 20.3 Å². The zero-order valence-corrected chi connectivity index (χ0v) is 21.5. The van der Waals surface area contributed by atoms with E-state index in [9.17, 15) is 14.0 Å². The van der Waals surface area contributed by atoms with Crippen LogP contribution in [-0.2, 0) is 9.59 Å². The normalized spacial score (nSPS) is 19.1. The van der Waals surface area contributed by atoms with Gasteiger partial charge in [0.05, 0.1) is 18.0 Å². The third-order valence-electron chi connectivity index (χ3n) is 6.59. The fraction of sp³-hybridized carbons (Fsp3) is 0.345. The Hall–Kier alpha value is -3.94. The number of hydrogen-bond acceptors (Lipinski definition) is 6. The number of benzene rings is 2. The zero-order valence-electron chi connectivity index (χ0n) is 21.5. The first kappa shape index (κ1) is 26.1. The van der Waals surface area contributed by atoms with Gasteiger partial charge in [0.2, 0.25) is 0 Å². The van der Waals surface area contributed by atoms with Gasteiger partial charge < -0.3 is 25.7 Å². The highest BCUT2D eigenvalue weighted by Crippen LogP contribution is 2.33. The molecular formula is C29H33FN4O3. The smallest absolute Gasteiger partial charge is 0.250 e. The van der Waals surface area contributed by atoms with Gasteiger partial charge in [-0.1, -0.05) is 25.5 Å². The van der Waals surface area contributed by atoms with Gasteiger partial charge in [-0.05, 0) is 62.2 Å². The number of ketones is 1. The topological polar surface area (TPSA) is 94.5 Å². The Bertz CT molecular complexity index is 1270. The minimum Gasteiger partial charge on any atom is -0.493 e. The summed E-state index contributed by atoms with van der Waals surface area (Å²) in [4.78, 5) is 27.6. The summed E-state index contributed by atoms with van der Waals surface area (Å²) >= 11 is 0. The van der Waals surface area contributed by atoms with Crippen molar-refractivity contribution in [2.75, 3.05) is 24.6 Å². The average Bonchev–Trinajstić information content (AvgIpc) is 2.89. The predicted octanol–water partition coefficient (Wildman–Crippen LogP) is 4.90. The van der Waals surface area contributed by atoms with Crippen molar-refractivity contribution < 1.29 is 18.7 Å². The molecule has 0 bridgehead atoms. The number of halogens is 1. The highest BCUT2D eigenvalue weighted by Gasteiger charge is 2.30. The van der Waals surface area contributed by atoms with Crippen molar-refractivity contribution in [3.8, 4) is 5.75 Å². The van der Waals surface area contributed by atoms with Gasteiger partial charge in [-0.3, -0.25) is 9.59 Å². The second-order valence-electron chi connectivity index (χ2n) is 9.25. The van der Waals surface area contributed by atoms with E-state index in [0.29, 0.717) is 60.8 Å². The van der Waals surface area contributed by atoms with E-state index in [-0.39, 0.29) is 17.5 Å². The second kappa shape index (κ2) is 11.4. The molecule has 1 saturated heterocycles. The van der Waals surface area contributed by atoms with Gasteiger partial charge in [-0.15, -0.1) is 0 Å². The molecule has 1 amide bonds. The molecule has 2 aliphatic rings. The molecule has 0 aromatic heterocycles. The summed E-state index contributed by atoms with van der Waals surface area (Å²) < 4.78 is 19.2. The van der Waals surface area contributed by atoms with Crippen LogP contribution in [0.25, 0.3) is 6.08 Å². The molecule has 0 saturated carbocycles. The van der Waals surface area contributed by atoms with Gasteiger partial charge in [-0.2, -0.15) is 0 Å². The molecule has 8 heteroatoms. The summed E-state index contributed by atoms with van der Waals surface area (Å²) in [5.41, 5.74) is 4.53. The lowest BCUT2D eigenvalue weighted by molar-refractivity contribution is -0.119. The molecule has 3 N–H and O–H groups in total. The van der Waals surface area contributed by atoms with Crippen molar-refractivity contribution >= 4 is 29.2 Å². The Labute approximate surface area is 216 Å². The number of anilines is 1. The maximum Gasteiger partial charge on any atom is 0.250 e. The average molecular weight is 505 g/mol. The van der Waals surface area contributed by atoms with Crippen LogP contribution in [0.1, 0.15) is 57.3 Å². The van der Waals surface area contributed by atoms with Gasteiger partial charge in [0.1, 0.15) is 17.7 Å². The fourth-order valence-corrected chi connectivity index (χ4v) is 4.61. The molecule has 37 heavy (non-hydrogen) atoms. The molecule has 194 valence electrons. The van der Waals surface area contributed by atoms with Crippen LogP contribution in [-0.4, -0.2) is 37.1 Å². The molecule has 1 fully saturated rings. The Balaban J connectivity index is 1.64. The predicted molar refractivity (Wildman–Crippen MR) is 143 cm³/mol. The van der Waals surface area contributed by atoms with E-state index in [1.54, 1.807) is 19.1 Å². The monoisotopic (exact) mass is 504 g/mol. The van der Waals surface area contributed by atoms with Gasteiger partial charge >= 0.3 is 0 Å². The first-order chi connectivity index (χ1) is 17.8. The lowest BCUT2D eigenvalue weighted by Crippen LogP contribution is -2.45. The number of ether oxygens (including phenoxy) is 1. The van der Waals surface area contributed by atoms with E-state index in [1.807, 2.05) is 38.1 Å². The van der Waals surface area contributed by atoms with Crippen LogP contribution in [0.4, 0.5) is 10.1 Å². The van der Waals surface area contributed by atoms with E-state index in [2.05, 4.69) is 15.5 Å². The van der Waals surface area contributed by atoms with E-state index < -0.39 is 6.17 Å². The number of hydrogen-bond donors (Lipinski definition) is 3. The maximum atomic E-state index is 13.3. The summed E-state index contributed by atoms with van der Waals surface area (Å²) in [7, 11) is 0. The molecule has 0 aliphatic carbocycles. The number of allylic oxidation sites excluding steroid dienone is 1. The maximum absolute atomic E-state index is 13.3. The largest absolute Gasteiger partial charge is 0.493 e. The molecule has 7 nitrogen and oxygen atoms in total. The van der Waals surface area contributed by atoms with Crippen molar-refractivity contribution in [2.24, 2.45) is 0 Å². The van der Waals surface area contributed by atoms with Gasteiger partial charge in [0.15, 0.2) is 5.78 Å². The van der Waals surface area contributed by atoms with Crippen LogP contribution >= 0.6 is 0 Å².